The van der Waals surface area contributed by atoms with Crippen molar-refractivity contribution in [2.45, 2.75) is 33.1 Å². The van der Waals surface area contributed by atoms with Crippen molar-refractivity contribution < 1.29 is 9.32 Å². The molecule has 2 N–H and O–H groups in total. The SMILES string of the molecule is CC(C)(C)c1cc(NC=O)no1.CNc1ccc(-c2cn3c(n2)sc2cc(C)ccc23)cc1. The molecule has 0 aliphatic rings. The number of aromatic nitrogens is 3. The molecular formula is C25H27N5O2S. The first-order valence-corrected chi connectivity index (χ1v) is 11.4. The van der Waals surface area contributed by atoms with Crippen molar-refractivity contribution >= 4 is 44.4 Å². The van der Waals surface area contributed by atoms with Crippen LogP contribution in [0, 0.1) is 6.92 Å². The molecule has 0 aliphatic heterocycles. The van der Waals surface area contributed by atoms with Crippen molar-refractivity contribution in [2.24, 2.45) is 0 Å². The van der Waals surface area contributed by atoms with E-state index in [1.54, 1.807) is 17.4 Å². The van der Waals surface area contributed by atoms with Gasteiger partial charge in [-0.1, -0.05) is 55.5 Å². The number of carbonyl (C=O) groups excluding carboxylic acids is 1. The van der Waals surface area contributed by atoms with Gasteiger partial charge >= 0.3 is 0 Å². The molecule has 0 unspecified atom stereocenters. The van der Waals surface area contributed by atoms with Gasteiger partial charge < -0.3 is 15.2 Å². The molecule has 0 fully saturated rings. The largest absolute Gasteiger partial charge is 0.388 e. The number of anilines is 2. The van der Waals surface area contributed by atoms with Crippen LogP contribution in [0.25, 0.3) is 26.4 Å². The summed E-state index contributed by atoms with van der Waals surface area (Å²) in [6, 6.07) is 16.6. The second-order valence-electron chi connectivity index (χ2n) is 8.77. The molecule has 33 heavy (non-hydrogen) atoms. The van der Waals surface area contributed by atoms with Gasteiger partial charge in [0.05, 0.1) is 15.9 Å². The number of fused-ring (bicyclic) bond motifs is 3. The molecule has 0 saturated carbocycles. The summed E-state index contributed by atoms with van der Waals surface area (Å²) in [5, 5.41) is 9.20. The van der Waals surface area contributed by atoms with Gasteiger partial charge in [-0.3, -0.25) is 9.20 Å². The Balaban J connectivity index is 0.000000185. The van der Waals surface area contributed by atoms with E-state index in [1.165, 1.54) is 15.8 Å². The molecule has 8 heteroatoms. The van der Waals surface area contributed by atoms with Crippen LogP contribution in [0.15, 0.2) is 59.3 Å². The zero-order valence-electron chi connectivity index (χ0n) is 19.3. The van der Waals surface area contributed by atoms with Crippen LogP contribution in [-0.2, 0) is 10.2 Å². The second-order valence-corrected chi connectivity index (χ2v) is 9.78. The zero-order chi connectivity index (χ0) is 23.6. The van der Waals surface area contributed by atoms with Crippen molar-refractivity contribution in [3.8, 4) is 11.3 Å². The fourth-order valence-corrected chi connectivity index (χ4v) is 4.42. The maximum absolute atomic E-state index is 10.0. The summed E-state index contributed by atoms with van der Waals surface area (Å²) in [7, 11) is 1.93. The fourth-order valence-electron chi connectivity index (χ4n) is 3.31. The van der Waals surface area contributed by atoms with Crippen LogP contribution in [0.2, 0.25) is 0 Å². The Morgan fingerprint density at radius 3 is 2.48 bits per heavy atom. The Morgan fingerprint density at radius 2 is 1.85 bits per heavy atom. The third kappa shape index (κ3) is 4.90. The van der Waals surface area contributed by atoms with Crippen LogP contribution in [-0.4, -0.2) is 28.0 Å². The number of aryl methyl sites for hydroxylation is 1. The minimum absolute atomic E-state index is 0.0736. The van der Waals surface area contributed by atoms with Crippen molar-refractivity contribution in [1.82, 2.24) is 14.5 Å². The lowest BCUT2D eigenvalue weighted by molar-refractivity contribution is -0.105. The fraction of sp³-hybridized carbons (Fsp3) is 0.240. The molecule has 170 valence electrons. The van der Waals surface area contributed by atoms with E-state index in [-0.39, 0.29) is 5.41 Å². The predicted octanol–water partition coefficient (Wildman–Crippen LogP) is 6.11. The number of benzene rings is 2. The smallest absolute Gasteiger partial charge is 0.212 e. The first kappa shape index (κ1) is 22.5. The summed E-state index contributed by atoms with van der Waals surface area (Å²) in [6.07, 6.45) is 2.70. The Labute approximate surface area is 196 Å². The van der Waals surface area contributed by atoms with Gasteiger partial charge in [0.15, 0.2) is 10.8 Å². The van der Waals surface area contributed by atoms with E-state index in [1.807, 2.05) is 27.8 Å². The highest BCUT2D eigenvalue weighted by Gasteiger charge is 2.19. The quantitative estimate of drug-likeness (QED) is 0.316. The van der Waals surface area contributed by atoms with Gasteiger partial charge in [0.1, 0.15) is 5.76 Å². The molecule has 7 nitrogen and oxygen atoms in total. The highest BCUT2D eigenvalue weighted by molar-refractivity contribution is 7.23. The third-order valence-corrected chi connectivity index (χ3v) is 6.19. The topological polar surface area (TPSA) is 84.5 Å². The number of hydrogen-bond acceptors (Lipinski definition) is 6. The summed E-state index contributed by atoms with van der Waals surface area (Å²) >= 11 is 1.74. The van der Waals surface area contributed by atoms with E-state index in [4.69, 9.17) is 9.51 Å². The van der Waals surface area contributed by atoms with Crippen LogP contribution < -0.4 is 10.6 Å². The maximum atomic E-state index is 10.0. The van der Waals surface area contributed by atoms with Gasteiger partial charge in [0.25, 0.3) is 0 Å². The molecule has 5 aromatic rings. The first-order valence-electron chi connectivity index (χ1n) is 10.6. The minimum Gasteiger partial charge on any atom is -0.388 e. The van der Waals surface area contributed by atoms with Crippen molar-refractivity contribution in [3.05, 3.63) is 66.1 Å². The van der Waals surface area contributed by atoms with Crippen LogP contribution in [0.4, 0.5) is 11.5 Å². The van der Waals surface area contributed by atoms with E-state index in [2.05, 4.69) is 75.8 Å². The van der Waals surface area contributed by atoms with Gasteiger partial charge in [-0.2, -0.15) is 0 Å². The zero-order valence-corrected chi connectivity index (χ0v) is 20.2. The van der Waals surface area contributed by atoms with E-state index >= 15 is 0 Å². The number of rotatable bonds is 4. The van der Waals surface area contributed by atoms with E-state index in [0.29, 0.717) is 12.2 Å². The number of hydrogen-bond donors (Lipinski definition) is 2. The van der Waals surface area contributed by atoms with Gasteiger partial charge in [-0.15, -0.1) is 0 Å². The molecule has 0 radical (unpaired) electrons. The van der Waals surface area contributed by atoms with E-state index in [0.717, 1.165) is 27.7 Å². The summed E-state index contributed by atoms with van der Waals surface area (Å²) in [5.74, 6) is 1.21. The average molecular weight is 462 g/mol. The number of carbonyl (C=O) groups is 1. The predicted molar refractivity (Wildman–Crippen MR) is 135 cm³/mol. The van der Waals surface area contributed by atoms with Gasteiger partial charge in [0.2, 0.25) is 6.41 Å². The van der Waals surface area contributed by atoms with Crippen molar-refractivity contribution in [1.29, 1.82) is 0 Å². The molecule has 0 bridgehead atoms. The highest BCUT2D eigenvalue weighted by atomic mass is 32.1. The maximum Gasteiger partial charge on any atom is 0.212 e. The third-order valence-electron chi connectivity index (χ3n) is 5.18. The Hall–Kier alpha value is -3.65. The number of nitrogens with one attached hydrogen (secondary N) is 2. The summed E-state index contributed by atoms with van der Waals surface area (Å²) < 4.78 is 8.48. The Kier molecular flexibility index (Phi) is 6.20. The standard InChI is InChI=1S/C17H15N3S.C8H12N2O2/c1-11-3-8-15-16(9-11)21-17-19-14(10-20(15)17)12-4-6-13(18-2)7-5-12;1-8(2,3)6-4-7(9-5-11)10-12-6/h3-10,18H,1-2H3;4-5H,1-3H3,(H,9,10,11). The number of imidazole rings is 1. The molecule has 0 spiro atoms. The van der Waals surface area contributed by atoms with Gasteiger partial charge in [-0.25, -0.2) is 4.98 Å². The lowest BCUT2D eigenvalue weighted by Gasteiger charge is -2.11. The van der Waals surface area contributed by atoms with Crippen LogP contribution >= 0.6 is 11.3 Å². The molecule has 2 aromatic carbocycles. The van der Waals surface area contributed by atoms with Crippen molar-refractivity contribution in [2.75, 3.05) is 17.7 Å². The molecule has 3 heterocycles. The summed E-state index contributed by atoms with van der Waals surface area (Å²) in [5.41, 5.74) is 5.72. The normalized spacial score (nSPS) is 11.3. The average Bonchev–Trinajstić information content (AvgIpc) is 3.49. The Bertz CT molecular complexity index is 1390. The van der Waals surface area contributed by atoms with Crippen LogP contribution in [0.3, 0.4) is 0 Å². The Morgan fingerprint density at radius 1 is 1.09 bits per heavy atom. The molecule has 3 aromatic heterocycles. The molecule has 0 saturated heterocycles. The van der Waals surface area contributed by atoms with E-state index < -0.39 is 0 Å². The highest BCUT2D eigenvalue weighted by Crippen LogP contribution is 2.30. The minimum atomic E-state index is -0.0736. The molecular weight excluding hydrogens is 434 g/mol. The number of thiazole rings is 1. The molecule has 0 atom stereocenters. The van der Waals surface area contributed by atoms with Crippen molar-refractivity contribution in [3.63, 3.8) is 0 Å². The van der Waals surface area contributed by atoms with Gasteiger partial charge in [-0.05, 0) is 36.8 Å². The summed E-state index contributed by atoms with van der Waals surface area (Å²) in [4.78, 5) is 15.9. The summed E-state index contributed by atoms with van der Waals surface area (Å²) in [6.45, 7) is 8.16. The number of nitrogens with zero attached hydrogens (tertiary/aromatic N) is 3. The first-order chi connectivity index (χ1) is 15.8. The lowest BCUT2D eigenvalue weighted by Crippen LogP contribution is -2.09. The molecule has 1 amide bonds. The molecule has 0 aliphatic carbocycles. The second kappa shape index (κ2) is 9.07. The molecule has 5 rings (SSSR count). The van der Waals surface area contributed by atoms with E-state index in [9.17, 15) is 4.79 Å². The lowest BCUT2D eigenvalue weighted by atomic mass is 9.93. The van der Waals surface area contributed by atoms with Crippen LogP contribution in [0.1, 0.15) is 32.1 Å². The number of amides is 1. The monoisotopic (exact) mass is 461 g/mol. The van der Waals surface area contributed by atoms with Crippen LogP contribution in [0.5, 0.6) is 0 Å². The van der Waals surface area contributed by atoms with Gasteiger partial charge in [0, 0.05) is 36.0 Å².